The normalized spacial score (nSPS) is 15.5. The molecule has 0 saturated heterocycles. The number of anilines is 2. The fourth-order valence-electron chi connectivity index (χ4n) is 5.73. The van der Waals surface area contributed by atoms with Gasteiger partial charge >= 0.3 is 0 Å². The fraction of sp³-hybridized carbons (Fsp3) is 0.357. The van der Waals surface area contributed by atoms with E-state index in [9.17, 15) is 9.59 Å². The van der Waals surface area contributed by atoms with Crippen LogP contribution in [0.1, 0.15) is 90.0 Å². The zero-order valence-corrected chi connectivity index (χ0v) is 31.1. The van der Waals surface area contributed by atoms with Gasteiger partial charge in [0.25, 0.3) is 11.8 Å². The smallest absolute Gasteiger partial charge is 0.294 e. The molecule has 8 heteroatoms. The Bertz CT molecular complexity index is 1870. The third kappa shape index (κ3) is 7.89. The second kappa shape index (κ2) is 15.1. The van der Waals surface area contributed by atoms with Crippen LogP contribution in [-0.4, -0.2) is 29.7 Å². The number of benzene rings is 4. The molecule has 0 saturated carbocycles. The number of para-hydroxylation sites is 2. The second-order valence-electron chi connectivity index (χ2n) is 14.2. The van der Waals surface area contributed by atoms with Gasteiger partial charge in [0.2, 0.25) is 6.10 Å². The third-order valence-corrected chi connectivity index (χ3v) is 10.1. The van der Waals surface area contributed by atoms with Gasteiger partial charge in [-0.25, -0.2) is 0 Å². The van der Waals surface area contributed by atoms with Gasteiger partial charge in [0.1, 0.15) is 17.2 Å². The van der Waals surface area contributed by atoms with Crippen molar-refractivity contribution in [3.05, 3.63) is 118 Å². The summed E-state index contributed by atoms with van der Waals surface area (Å²) < 4.78 is 12.8. The molecule has 1 aliphatic heterocycles. The van der Waals surface area contributed by atoms with Crippen molar-refractivity contribution >= 4 is 40.5 Å². The van der Waals surface area contributed by atoms with Crippen LogP contribution in [0.3, 0.4) is 0 Å². The Morgan fingerprint density at radius 2 is 1.56 bits per heavy atom. The van der Waals surface area contributed by atoms with Gasteiger partial charge in [0.05, 0.1) is 11.4 Å². The Hall–Kier alpha value is -4.62. The van der Waals surface area contributed by atoms with Crippen molar-refractivity contribution < 1.29 is 19.1 Å². The van der Waals surface area contributed by atoms with Crippen molar-refractivity contribution in [3.8, 4) is 11.5 Å². The van der Waals surface area contributed by atoms with Crippen LogP contribution in [0.4, 0.5) is 11.4 Å². The Balaban J connectivity index is 1.45. The van der Waals surface area contributed by atoms with Gasteiger partial charge in [0.15, 0.2) is 6.10 Å². The van der Waals surface area contributed by atoms with Crippen molar-refractivity contribution in [1.82, 2.24) is 0 Å². The lowest BCUT2D eigenvalue weighted by Crippen LogP contribution is -2.37. The molecule has 262 valence electrons. The highest BCUT2D eigenvalue weighted by Crippen LogP contribution is 2.39. The summed E-state index contributed by atoms with van der Waals surface area (Å²) in [5.74, 6) is 0.533. The molecule has 0 radical (unpaired) electrons. The van der Waals surface area contributed by atoms with Crippen LogP contribution < -0.4 is 19.8 Å². The maximum Gasteiger partial charge on any atom is 0.294 e. The van der Waals surface area contributed by atoms with Crippen molar-refractivity contribution in [1.29, 1.82) is 0 Å². The van der Waals surface area contributed by atoms with Crippen molar-refractivity contribution in [2.24, 2.45) is 5.10 Å². The molecule has 1 aliphatic rings. The molecule has 1 heterocycles. The van der Waals surface area contributed by atoms with Gasteiger partial charge in [-0.3, -0.25) is 9.59 Å². The molecule has 2 unspecified atom stereocenters. The summed E-state index contributed by atoms with van der Waals surface area (Å²) in [6.07, 6.45) is 0.556. The lowest BCUT2D eigenvalue weighted by Gasteiger charge is -2.31. The third-order valence-electron chi connectivity index (χ3n) is 9.88. The molecule has 4 aromatic carbocycles. The van der Waals surface area contributed by atoms with Gasteiger partial charge in [0, 0.05) is 16.1 Å². The molecule has 5 rings (SSSR count). The van der Waals surface area contributed by atoms with E-state index < -0.39 is 12.2 Å². The minimum absolute atomic E-state index is 0.00937. The second-order valence-corrected chi connectivity index (χ2v) is 14.6. The number of amides is 2. The SMILES string of the molecule is CCC(Oc1ccc(C(C)(C)CC)cc1C(C)(C)CC)C(=O)Nc1ccccc1N1N=C(c2ccc(Cl)cc2)C(Oc2ccc(C)cc2)C1=O. The van der Waals surface area contributed by atoms with E-state index in [4.69, 9.17) is 26.2 Å². The maximum absolute atomic E-state index is 14.1. The van der Waals surface area contributed by atoms with Crippen LogP contribution in [0.2, 0.25) is 5.02 Å². The first-order chi connectivity index (χ1) is 23.8. The lowest BCUT2D eigenvalue weighted by molar-refractivity contribution is -0.123. The first-order valence-electron chi connectivity index (χ1n) is 17.4. The molecule has 7 nitrogen and oxygen atoms in total. The Morgan fingerprint density at radius 1 is 0.900 bits per heavy atom. The summed E-state index contributed by atoms with van der Waals surface area (Å²) in [6.45, 7) is 17.2. The molecule has 50 heavy (non-hydrogen) atoms. The van der Waals surface area contributed by atoms with Crippen LogP contribution in [0.5, 0.6) is 11.5 Å². The van der Waals surface area contributed by atoms with E-state index in [1.807, 2.05) is 62.4 Å². The summed E-state index contributed by atoms with van der Waals surface area (Å²) in [7, 11) is 0. The fourth-order valence-corrected chi connectivity index (χ4v) is 5.85. The molecular formula is C42H48ClN3O4. The summed E-state index contributed by atoms with van der Waals surface area (Å²) in [4.78, 5) is 28.0. The summed E-state index contributed by atoms with van der Waals surface area (Å²) >= 11 is 6.18. The molecule has 4 aromatic rings. The van der Waals surface area contributed by atoms with E-state index in [1.165, 1.54) is 10.6 Å². The van der Waals surface area contributed by atoms with Crippen molar-refractivity contribution in [3.63, 3.8) is 0 Å². The van der Waals surface area contributed by atoms with E-state index in [-0.39, 0.29) is 22.6 Å². The highest BCUT2D eigenvalue weighted by molar-refractivity contribution is 6.31. The van der Waals surface area contributed by atoms with Crippen LogP contribution in [0.25, 0.3) is 0 Å². The van der Waals surface area contributed by atoms with E-state index in [1.54, 1.807) is 30.3 Å². The van der Waals surface area contributed by atoms with Crippen molar-refractivity contribution in [2.45, 2.75) is 97.7 Å². The number of rotatable bonds is 13. The molecule has 0 fully saturated rings. The molecule has 0 bridgehead atoms. The summed E-state index contributed by atoms with van der Waals surface area (Å²) in [6, 6.07) is 28.1. The number of hydrogen-bond acceptors (Lipinski definition) is 5. The Kier molecular flexibility index (Phi) is 11.1. The number of carbonyl (C=O) groups excluding carboxylic acids is 2. The van der Waals surface area contributed by atoms with Gasteiger partial charge in [-0.05, 0) is 85.0 Å². The number of aryl methyl sites for hydroxylation is 1. The standard InChI is InChI=1S/C42H48ClN3O4/c1-9-35(50-36-25-20-29(41(5,6)10-2)26-32(36)42(7,8)11-3)39(47)44-33-14-12-13-15-34(33)46-40(48)38(49-31-23-16-27(4)17-24-31)37(45-46)28-18-21-30(43)22-19-28/h12-26,35,38H,9-11H2,1-8H3,(H,44,47). The molecule has 1 N–H and O–H groups in total. The monoisotopic (exact) mass is 693 g/mol. The van der Waals surface area contributed by atoms with Gasteiger partial charge in [-0.1, -0.05) is 114 Å². The lowest BCUT2D eigenvalue weighted by atomic mass is 9.76. The van der Waals surface area contributed by atoms with Gasteiger partial charge in [-0.15, -0.1) is 0 Å². The number of nitrogens with zero attached hydrogens (tertiary/aromatic N) is 2. The van der Waals surface area contributed by atoms with E-state index in [2.05, 4.69) is 59.0 Å². The first kappa shape index (κ1) is 36.7. The van der Waals surface area contributed by atoms with Crippen LogP contribution in [0.15, 0.2) is 96.1 Å². The minimum atomic E-state index is -1.02. The average molecular weight is 694 g/mol. The quantitative estimate of drug-likeness (QED) is 0.151. The maximum atomic E-state index is 14.1. The highest BCUT2D eigenvalue weighted by Gasteiger charge is 2.40. The molecule has 0 aromatic heterocycles. The van der Waals surface area contributed by atoms with Gasteiger partial charge < -0.3 is 14.8 Å². The number of nitrogens with one attached hydrogen (secondary N) is 1. The number of ether oxygens (including phenoxy) is 2. The zero-order chi connectivity index (χ0) is 36.2. The van der Waals surface area contributed by atoms with Crippen LogP contribution >= 0.6 is 11.6 Å². The Morgan fingerprint density at radius 3 is 2.20 bits per heavy atom. The van der Waals surface area contributed by atoms with E-state index in [0.717, 1.165) is 24.0 Å². The number of carbonyl (C=O) groups is 2. The first-order valence-corrected chi connectivity index (χ1v) is 17.8. The van der Waals surface area contributed by atoms with Gasteiger partial charge in [-0.2, -0.15) is 10.1 Å². The molecular weight excluding hydrogens is 646 g/mol. The average Bonchev–Trinajstić information content (AvgIpc) is 3.43. The molecule has 2 atom stereocenters. The zero-order valence-electron chi connectivity index (χ0n) is 30.3. The topological polar surface area (TPSA) is 80.2 Å². The van der Waals surface area contributed by atoms with E-state index in [0.29, 0.717) is 45.6 Å². The molecule has 0 aliphatic carbocycles. The summed E-state index contributed by atoms with van der Waals surface area (Å²) in [5.41, 5.74) is 5.22. The summed E-state index contributed by atoms with van der Waals surface area (Å²) in [5, 5.41) is 9.68. The number of halogens is 1. The van der Waals surface area contributed by atoms with E-state index >= 15 is 0 Å². The van der Waals surface area contributed by atoms with Crippen LogP contribution in [-0.2, 0) is 20.4 Å². The predicted octanol–water partition coefficient (Wildman–Crippen LogP) is 10.0. The number of hydrogen-bond donors (Lipinski definition) is 1. The van der Waals surface area contributed by atoms with Crippen LogP contribution in [0, 0.1) is 6.92 Å². The Labute approximate surface area is 301 Å². The largest absolute Gasteiger partial charge is 0.480 e. The number of hydrazone groups is 1. The molecule has 2 amide bonds. The van der Waals surface area contributed by atoms with Crippen molar-refractivity contribution in [2.75, 3.05) is 10.3 Å². The minimum Gasteiger partial charge on any atom is -0.480 e. The highest BCUT2D eigenvalue weighted by atomic mass is 35.5. The molecule has 0 spiro atoms. The predicted molar refractivity (Wildman–Crippen MR) is 204 cm³/mol.